The molecular weight excluding hydrogens is 584 g/mol. The lowest BCUT2D eigenvalue weighted by molar-refractivity contribution is -0.461. The SMILES string of the molecule is N=NC(N)=NC(=O)c1ccc(CN(C(=O)Nc2ccc3c(c2)C(F)(F)OC(F)(F)O3)c2ccc(C3CCCCC3)cc2)cc1. The van der Waals surface area contributed by atoms with Gasteiger partial charge in [-0.1, -0.05) is 43.5 Å². The van der Waals surface area contributed by atoms with Gasteiger partial charge >= 0.3 is 18.4 Å². The first-order valence-electron chi connectivity index (χ1n) is 13.8. The molecule has 1 aliphatic heterocycles. The van der Waals surface area contributed by atoms with Gasteiger partial charge < -0.3 is 15.8 Å². The van der Waals surface area contributed by atoms with Gasteiger partial charge in [-0.2, -0.15) is 13.8 Å². The highest BCUT2D eigenvalue weighted by atomic mass is 19.3. The van der Waals surface area contributed by atoms with Crippen LogP contribution in [0.3, 0.4) is 0 Å². The molecule has 14 heteroatoms. The molecule has 0 radical (unpaired) electrons. The monoisotopic (exact) mass is 612 g/mol. The van der Waals surface area contributed by atoms with E-state index in [1.54, 1.807) is 24.3 Å². The van der Waals surface area contributed by atoms with Gasteiger partial charge in [0.05, 0.1) is 12.1 Å². The Morgan fingerprint density at radius 3 is 2.32 bits per heavy atom. The molecule has 0 unspecified atom stereocenters. The molecule has 44 heavy (non-hydrogen) atoms. The summed E-state index contributed by atoms with van der Waals surface area (Å²) in [5.74, 6) is -1.55. The number of nitrogens with zero attached hydrogens (tertiary/aromatic N) is 3. The van der Waals surface area contributed by atoms with E-state index in [2.05, 4.69) is 24.9 Å². The smallest absolute Gasteiger partial charge is 0.409 e. The van der Waals surface area contributed by atoms with Gasteiger partial charge in [0, 0.05) is 16.9 Å². The number of amides is 3. The molecule has 1 heterocycles. The number of carbonyl (C=O) groups is 2. The number of ether oxygens (including phenoxy) is 2. The van der Waals surface area contributed by atoms with Crippen LogP contribution in [0.2, 0.25) is 0 Å². The Balaban J connectivity index is 1.41. The summed E-state index contributed by atoms with van der Waals surface area (Å²) in [6.07, 6.45) is -3.19. The lowest BCUT2D eigenvalue weighted by Gasteiger charge is -2.31. The predicted molar refractivity (Wildman–Crippen MR) is 152 cm³/mol. The lowest BCUT2D eigenvalue weighted by Crippen LogP contribution is -2.41. The summed E-state index contributed by atoms with van der Waals surface area (Å²) < 4.78 is 63.2. The van der Waals surface area contributed by atoms with Gasteiger partial charge in [0.1, 0.15) is 5.75 Å². The van der Waals surface area contributed by atoms with Crippen LogP contribution in [0.5, 0.6) is 5.75 Å². The van der Waals surface area contributed by atoms with Gasteiger partial charge in [0.15, 0.2) is 0 Å². The molecule has 1 saturated carbocycles. The zero-order valence-electron chi connectivity index (χ0n) is 23.2. The molecule has 3 amide bonds. The van der Waals surface area contributed by atoms with Gasteiger partial charge in [0.25, 0.3) is 5.91 Å². The Kier molecular flexibility index (Phi) is 8.63. The molecule has 1 aliphatic carbocycles. The van der Waals surface area contributed by atoms with E-state index in [4.69, 9.17) is 11.3 Å². The minimum atomic E-state index is -4.52. The van der Waals surface area contributed by atoms with Crippen LogP contribution in [0.1, 0.15) is 65.1 Å². The van der Waals surface area contributed by atoms with E-state index in [0.29, 0.717) is 17.2 Å². The topological polar surface area (TPSA) is 142 Å². The molecular formula is C30H28F4N6O4. The summed E-state index contributed by atoms with van der Waals surface area (Å²) in [6, 6.07) is 15.8. The van der Waals surface area contributed by atoms with Gasteiger partial charge in [-0.15, -0.1) is 13.9 Å². The molecule has 10 nitrogen and oxygen atoms in total. The largest absolute Gasteiger partial charge is 0.540 e. The number of hydrogen-bond donors (Lipinski definition) is 3. The normalized spacial score (nSPS) is 17.6. The van der Waals surface area contributed by atoms with Crippen LogP contribution in [-0.4, -0.2) is 24.2 Å². The van der Waals surface area contributed by atoms with E-state index in [0.717, 1.165) is 49.4 Å². The number of halogens is 4. The van der Waals surface area contributed by atoms with Crippen molar-refractivity contribution >= 4 is 29.3 Å². The number of nitrogens with one attached hydrogen (secondary N) is 2. The number of guanidine groups is 1. The van der Waals surface area contributed by atoms with Crippen molar-refractivity contribution in [3.63, 3.8) is 0 Å². The maximum atomic E-state index is 14.3. The Morgan fingerprint density at radius 1 is 0.977 bits per heavy atom. The van der Waals surface area contributed by atoms with Crippen LogP contribution in [0.25, 0.3) is 0 Å². The minimum Gasteiger partial charge on any atom is -0.409 e. The summed E-state index contributed by atoms with van der Waals surface area (Å²) in [6.45, 7) is 0.0100. The molecule has 4 N–H and O–H groups in total. The Bertz CT molecular complexity index is 1580. The molecule has 1 fully saturated rings. The van der Waals surface area contributed by atoms with Gasteiger partial charge in [0.2, 0.25) is 5.96 Å². The van der Waals surface area contributed by atoms with Crippen molar-refractivity contribution in [2.75, 3.05) is 10.2 Å². The van der Waals surface area contributed by atoms with Crippen LogP contribution in [0, 0.1) is 5.53 Å². The number of nitrogens with two attached hydrogens (primary N) is 1. The lowest BCUT2D eigenvalue weighted by atomic mass is 9.84. The summed E-state index contributed by atoms with van der Waals surface area (Å²) in [7, 11) is 0. The van der Waals surface area contributed by atoms with E-state index in [1.165, 1.54) is 23.5 Å². The molecule has 0 aromatic heterocycles. The maximum absolute atomic E-state index is 14.3. The van der Waals surface area contributed by atoms with Gasteiger partial charge in [-0.05, 0) is 72.4 Å². The highest BCUT2D eigenvalue weighted by molar-refractivity contribution is 6.03. The number of urea groups is 1. The number of hydrogen-bond acceptors (Lipinski definition) is 5. The fourth-order valence-electron chi connectivity index (χ4n) is 5.24. The number of benzene rings is 3. The van der Waals surface area contributed by atoms with E-state index in [9.17, 15) is 27.2 Å². The van der Waals surface area contributed by atoms with Gasteiger partial charge in [-0.3, -0.25) is 9.69 Å². The average molecular weight is 613 g/mol. The number of rotatable bonds is 6. The highest BCUT2D eigenvalue weighted by Gasteiger charge is 2.54. The number of aliphatic imine (C=N–C) groups is 1. The number of alkyl halides is 4. The standard InChI is InChI=1S/C30H28F4N6O4/c31-29(32)24-16-22(12-15-25(24)43-30(33,34)44-29)37-28(42)40(23-13-10-20(11-14-23)19-4-2-1-3-5-19)17-18-6-8-21(9-7-18)26(41)38-27(35)39-36/h6-16,19,36H,1-5,17H2,(H,37,42)(H2,35,38,41). The third-order valence-corrected chi connectivity index (χ3v) is 7.42. The molecule has 0 atom stereocenters. The zero-order valence-corrected chi connectivity index (χ0v) is 23.2. The second-order valence-corrected chi connectivity index (χ2v) is 10.4. The highest BCUT2D eigenvalue weighted by Crippen LogP contribution is 2.47. The van der Waals surface area contributed by atoms with Crippen molar-refractivity contribution in [1.29, 1.82) is 5.53 Å². The van der Waals surface area contributed by atoms with Crippen molar-refractivity contribution in [2.24, 2.45) is 15.8 Å². The second kappa shape index (κ2) is 12.4. The fourth-order valence-corrected chi connectivity index (χ4v) is 5.24. The van der Waals surface area contributed by atoms with Crippen molar-refractivity contribution in [3.05, 3.63) is 89.0 Å². The molecule has 2 aliphatic rings. The summed E-state index contributed by atoms with van der Waals surface area (Å²) in [5.41, 5.74) is 13.5. The maximum Gasteiger partial charge on any atom is 0.540 e. The van der Waals surface area contributed by atoms with Crippen molar-refractivity contribution in [1.82, 2.24) is 0 Å². The van der Waals surface area contributed by atoms with E-state index < -0.39 is 41.6 Å². The van der Waals surface area contributed by atoms with Crippen LogP contribution in [-0.2, 0) is 17.4 Å². The first-order valence-corrected chi connectivity index (χ1v) is 13.8. The minimum absolute atomic E-state index is 0.0100. The average Bonchev–Trinajstić information content (AvgIpc) is 3.00. The van der Waals surface area contributed by atoms with Crippen LogP contribution < -0.4 is 20.7 Å². The van der Waals surface area contributed by atoms with E-state index in [-0.39, 0.29) is 17.8 Å². The first kappa shape index (κ1) is 30.6. The van der Waals surface area contributed by atoms with Crippen LogP contribution in [0.4, 0.5) is 33.7 Å². The fraction of sp³-hybridized carbons (Fsp3) is 0.300. The van der Waals surface area contributed by atoms with Crippen molar-refractivity contribution in [2.45, 2.75) is 57.0 Å². The Morgan fingerprint density at radius 2 is 1.66 bits per heavy atom. The Hall–Kier alpha value is -4.85. The number of carbonyl (C=O) groups excluding carboxylic acids is 2. The molecule has 5 rings (SSSR count). The zero-order chi connectivity index (χ0) is 31.5. The van der Waals surface area contributed by atoms with Crippen LogP contribution >= 0.6 is 0 Å². The summed E-state index contributed by atoms with van der Waals surface area (Å²) >= 11 is 0. The second-order valence-electron chi connectivity index (χ2n) is 10.4. The van der Waals surface area contributed by atoms with Crippen LogP contribution in [0.15, 0.2) is 76.8 Å². The third-order valence-electron chi connectivity index (χ3n) is 7.42. The predicted octanol–water partition coefficient (Wildman–Crippen LogP) is 7.47. The molecule has 3 aromatic carbocycles. The molecule has 0 bridgehead atoms. The summed E-state index contributed by atoms with van der Waals surface area (Å²) in [5, 5.41) is 5.44. The summed E-state index contributed by atoms with van der Waals surface area (Å²) in [4.78, 5) is 30.7. The Labute approximate surface area is 249 Å². The molecule has 0 saturated heterocycles. The van der Waals surface area contributed by atoms with Crippen molar-refractivity contribution in [3.8, 4) is 5.75 Å². The van der Waals surface area contributed by atoms with E-state index in [1.807, 2.05) is 12.1 Å². The van der Waals surface area contributed by atoms with Gasteiger partial charge in [-0.25, -0.2) is 15.1 Å². The van der Waals surface area contributed by atoms with E-state index >= 15 is 0 Å². The molecule has 230 valence electrons. The number of anilines is 2. The van der Waals surface area contributed by atoms with Crippen molar-refractivity contribution < 1.29 is 36.6 Å². The molecule has 3 aromatic rings. The molecule has 0 spiro atoms. The first-order chi connectivity index (χ1) is 20.9. The quantitative estimate of drug-likeness (QED) is 0.115. The third kappa shape index (κ3) is 7.02. The number of fused-ring (bicyclic) bond motifs is 1.